The second-order valence-corrected chi connectivity index (χ2v) is 4.51. The van der Waals surface area contributed by atoms with Crippen LogP contribution in [0, 0.1) is 5.92 Å². The highest BCUT2D eigenvalue weighted by molar-refractivity contribution is 7.80. The molecule has 0 bridgehead atoms. The fourth-order valence-corrected chi connectivity index (χ4v) is 1.70. The summed E-state index contributed by atoms with van der Waals surface area (Å²) in [5.74, 6) is -0.438. The minimum atomic E-state index is -0.231. The van der Waals surface area contributed by atoms with Crippen LogP contribution in [0.25, 0.3) is 0 Å². The first-order valence-electron chi connectivity index (χ1n) is 5.50. The third kappa shape index (κ3) is 3.66. The van der Waals surface area contributed by atoms with Crippen LogP contribution in [0.5, 0.6) is 0 Å². The van der Waals surface area contributed by atoms with Crippen LogP contribution < -0.4 is 10.6 Å². The van der Waals surface area contributed by atoms with Gasteiger partial charge < -0.3 is 15.4 Å². The lowest BCUT2D eigenvalue weighted by molar-refractivity contribution is -0.144. The smallest absolute Gasteiger partial charge is 0.310 e. The molecule has 2 N–H and O–H groups in total. The van der Waals surface area contributed by atoms with E-state index in [1.165, 1.54) is 7.11 Å². The molecule has 98 valence electrons. The number of nitrogens with two attached hydrogens (primary N) is 1. The number of hydrogen-bond acceptors (Lipinski definition) is 5. The van der Waals surface area contributed by atoms with Gasteiger partial charge in [0.25, 0.3) is 0 Å². The van der Waals surface area contributed by atoms with Crippen molar-refractivity contribution in [3.05, 3.63) is 24.0 Å². The molecule has 0 amide bonds. The Labute approximate surface area is 112 Å². The molecule has 0 spiro atoms. The Kier molecular flexibility index (Phi) is 5.03. The van der Waals surface area contributed by atoms with E-state index in [2.05, 4.69) is 4.98 Å². The molecule has 5 nitrogen and oxygen atoms in total. The van der Waals surface area contributed by atoms with E-state index in [1.807, 2.05) is 24.9 Å². The number of esters is 1. The van der Waals surface area contributed by atoms with Crippen LogP contribution in [-0.4, -0.2) is 36.6 Å². The highest BCUT2D eigenvalue weighted by Crippen LogP contribution is 2.15. The van der Waals surface area contributed by atoms with Crippen molar-refractivity contribution in [3.8, 4) is 0 Å². The Bertz CT molecular complexity index is 451. The van der Waals surface area contributed by atoms with Crippen LogP contribution in [0.2, 0.25) is 0 Å². The number of carbonyl (C=O) groups is 1. The lowest BCUT2D eigenvalue weighted by atomic mass is 10.1. The molecule has 0 aliphatic heterocycles. The van der Waals surface area contributed by atoms with Crippen molar-refractivity contribution in [2.24, 2.45) is 11.7 Å². The van der Waals surface area contributed by atoms with Gasteiger partial charge in [0.2, 0.25) is 0 Å². The summed E-state index contributed by atoms with van der Waals surface area (Å²) in [4.78, 5) is 17.6. The van der Waals surface area contributed by atoms with Crippen molar-refractivity contribution in [1.29, 1.82) is 0 Å². The lowest BCUT2D eigenvalue weighted by Gasteiger charge is -2.22. The largest absolute Gasteiger partial charge is 0.469 e. The second-order valence-electron chi connectivity index (χ2n) is 4.07. The van der Waals surface area contributed by atoms with Gasteiger partial charge in [-0.3, -0.25) is 9.78 Å². The SMILES string of the molecule is COC(=O)C(C)CN(C)c1ccnc(C(N)=S)c1. The minimum Gasteiger partial charge on any atom is -0.469 e. The molecule has 1 atom stereocenters. The van der Waals surface area contributed by atoms with Crippen LogP contribution in [0.4, 0.5) is 5.69 Å². The number of thiocarbonyl (C=S) groups is 1. The summed E-state index contributed by atoms with van der Waals surface area (Å²) in [5.41, 5.74) is 7.01. The monoisotopic (exact) mass is 267 g/mol. The average Bonchev–Trinajstić information content (AvgIpc) is 2.37. The first-order chi connectivity index (χ1) is 8.45. The molecule has 1 aromatic rings. The Balaban J connectivity index is 2.78. The van der Waals surface area contributed by atoms with Gasteiger partial charge in [0, 0.05) is 25.5 Å². The van der Waals surface area contributed by atoms with Crippen molar-refractivity contribution in [3.63, 3.8) is 0 Å². The van der Waals surface area contributed by atoms with Crippen LogP contribution in [0.1, 0.15) is 12.6 Å². The summed E-state index contributed by atoms with van der Waals surface area (Å²) in [5, 5.41) is 0. The number of rotatable bonds is 5. The van der Waals surface area contributed by atoms with E-state index < -0.39 is 0 Å². The molecule has 0 fully saturated rings. The highest BCUT2D eigenvalue weighted by atomic mass is 32.1. The topological polar surface area (TPSA) is 68.5 Å². The van der Waals surface area contributed by atoms with Gasteiger partial charge in [0.1, 0.15) is 4.99 Å². The molecule has 0 saturated carbocycles. The van der Waals surface area contributed by atoms with Crippen LogP contribution in [-0.2, 0) is 9.53 Å². The first-order valence-corrected chi connectivity index (χ1v) is 5.91. The van der Waals surface area contributed by atoms with Gasteiger partial charge in [-0.15, -0.1) is 0 Å². The number of hydrogen-bond donors (Lipinski definition) is 1. The van der Waals surface area contributed by atoms with Crippen LogP contribution >= 0.6 is 12.2 Å². The van der Waals surface area contributed by atoms with Crippen molar-refractivity contribution in [2.75, 3.05) is 25.6 Å². The van der Waals surface area contributed by atoms with Crippen LogP contribution in [0.15, 0.2) is 18.3 Å². The van der Waals surface area contributed by atoms with Crippen molar-refractivity contribution < 1.29 is 9.53 Å². The molecule has 0 saturated heterocycles. The van der Waals surface area contributed by atoms with E-state index in [0.717, 1.165) is 5.69 Å². The molecule has 0 aliphatic carbocycles. The van der Waals surface area contributed by atoms with Crippen molar-refractivity contribution >= 4 is 28.9 Å². The van der Waals surface area contributed by atoms with Crippen molar-refractivity contribution in [1.82, 2.24) is 4.98 Å². The number of anilines is 1. The summed E-state index contributed by atoms with van der Waals surface area (Å²) in [7, 11) is 3.27. The summed E-state index contributed by atoms with van der Waals surface area (Å²) in [6, 6.07) is 3.64. The van der Waals surface area contributed by atoms with E-state index in [1.54, 1.807) is 12.3 Å². The fraction of sp³-hybridized carbons (Fsp3) is 0.417. The first kappa shape index (κ1) is 14.4. The number of aromatic nitrogens is 1. The Hall–Kier alpha value is -1.69. The summed E-state index contributed by atoms with van der Waals surface area (Å²) >= 11 is 4.88. The third-order valence-electron chi connectivity index (χ3n) is 2.59. The van der Waals surface area contributed by atoms with Gasteiger partial charge in [-0.25, -0.2) is 0 Å². The maximum absolute atomic E-state index is 11.4. The molecule has 1 heterocycles. The maximum atomic E-state index is 11.4. The number of nitrogens with zero attached hydrogens (tertiary/aromatic N) is 2. The number of methoxy groups -OCH3 is 1. The molecular weight excluding hydrogens is 250 g/mol. The molecule has 1 unspecified atom stereocenters. The molecular formula is C12H17N3O2S. The van der Waals surface area contributed by atoms with Gasteiger partial charge in [0.15, 0.2) is 0 Å². The van der Waals surface area contributed by atoms with E-state index in [0.29, 0.717) is 12.2 Å². The van der Waals surface area contributed by atoms with Gasteiger partial charge in [-0.1, -0.05) is 19.1 Å². The second kappa shape index (κ2) is 6.30. The van der Waals surface area contributed by atoms with E-state index in [4.69, 9.17) is 22.7 Å². The van der Waals surface area contributed by atoms with Gasteiger partial charge in [-0.2, -0.15) is 0 Å². The number of carbonyl (C=O) groups excluding carboxylic acids is 1. The van der Waals surface area contributed by atoms with Gasteiger partial charge >= 0.3 is 5.97 Å². The molecule has 1 rings (SSSR count). The Morgan fingerprint density at radius 3 is 2.89 bits per heavy atom. The van der Waals surface area contributed by atoms with Crippen molar-refractivity contribution in [2.45, 2.75) is 6.92 Å². The normalized spacial score (nSPS) is 11.7. The maximum Gasteiger partial charge on any atom is 0.310 e. The molecule has 6 heteroatoms. The molecule has 0 aliphatic rings. The highest BCUT2D eigenvalue weighted by Gasteiger charge is 2.16. The zero-order valence-corrected chi connectivity index (χ0v) is 11.5. The van der Waals surface area contributed by atoms with E-state index in [-0.39, 0.29) is 16.9 Å². The third-order valence-corrected chi connectivity index (χ3v) is 2.80. The van der Waals surface area contributed by atoms with Gasteiger partial charge in [0.05, 0.1) is 18.7 Å². The van der Waals surface area contributed by atoms with Gasteiger partial charge in [-0.05, 0) is 12.1 Å². The minimum absolute atomic E-state index is 0.207. The molecule has 0 aromatic carbocycles. The van der Waals surface area contributed by atoms with Crippen LogP contribution in [0.3, 0.4) is 0 Å². The summed E-state index contributed by atoms with van der Waals surface area (Å²) in [6.45, 7) is 2.37. The standard InChI is InChI=1S/C12H17N3O2S/c1-8(12(16)17-3)7-15(2)9-4-5-14-10(6-9)11(13)18/h4-6,8H,7H2,1-3H3,(H2,13,18). The molecule has 18 heavy (non-hydrogen) atoms. The zero-order chi connectivity index (χ0) is 13.7. The fourth-order valence-electron chi connectivity index (χ4n) is 1.58. The number of pyridine rings is 1. The van der Waals surface area contributed by atoms with E-state index in [9.17, 15) is 4.79 Å². The molecule has 1 aromatic heterocycles. The Morgan fingerprint density at radius 1 is 1.67 bits per heavy atom. The number of ether oxygens (including phenoxy) is 1. The predicted molar refractivity (Wildman–Crippen MR) is 74.6 cm³/mol. The summed E-state index contributed by atoms with van der Waals surface area (Å²) < 4.78 is 4.69. The quantitative estimate of drug-likeness (QED) is 0.633. The predicted octanol–water partition coefficient (Wildman–Crippen LogP) is 0.961. The average molecular weight is 267 g/mol. The van der Waals surface area contributed by atoms with E-state index >= 15 is 0 Å². The molecule has 0 radical (unpaired) electrons. The lowest BCUT2D eigenvalue weighted by Crippen LogP contribution is -2.29. The summed E-state index contributed by atoms with van der Waals surface area (Å²) in [6.07, 6.45) is 1.64. The zero-order valence-electron chi connectivity index (χ0n) is 10.7. The Morgan fingerprint density at radius 2 is 2.33 bits per heavy atom.